The second-order valence-corrected chi connectivity index (χ2v) is 4.99. The minimum atomic E-state index is -0.609. The van der Waals surface area contributed by atoms with Gasteiger partial charge in [0.1, 0.15) is 11.3 Å². The second kappa shape index (κ2) is 5.16. The molecule has 2 aromatic carbocycles. The summed E-state index contributed by atoms with van der Waals surface area (Å²) in [6, 6.07) is 9.61. The van der Waals surface area contributed by atoms with Crippen molar-refractivity contribution in [3.63, 3.8) is 0 Å². The first kappa shape index (κ1) is 14.1. The van der Waals surface area contributed by atoms with E-state index in [2.05, 4.69) is 0 Å². The largest absolute Gasteiger partial charge is 0.508 e. The highest BCUT2D eigenvalue weighted by Gasteiger charge is 2.14. The molecule has 1 heterocycles. The smallest absolute Gasteiger partial charge is 0.336 e. The second-order valence-electron chi connectivity index (χ2n) is 4.58. The predicted octanol–water partition coefficient (Wildman–Crippen LogP) is 3.73. The van der Waals surface area contributed by atoms with E-state index < -0.39 is 10.5 Å². The van der Waals surface area contributed by atoms with Crippen molar-refractivity contribution in [1.82, 2.24) is 0 Å². The van der Waals surface area contributed by atoms with E-state index in [9.17, 15) is 20.0 Å². The molecule has 0 saturated carbocycles. The molecule has 0 unspecified atom stereocenters. The molecule has 7 heteroatoms. The standard InChI is InChI=1S/C15H8ClNO5/c16-13-5-8(17(20)21)1-3-10(13)12-7-15(19)22-14-6-9(18)2-4-11(12)14/h1-7,18H. The van der Waals surface area contributed by atoms with Crippen LogP contribution >= 0.6 is 11.6 Å². The summed E-state index contributed by atoms with van der Waals surface area (Å²) in [6.07, 6.45) is 0. The molecule has 0 fully saturated rings. The minimum absolute atomic E-state index is 0.0393. The van der Waals surface area contributed by atoms with Crippen LogP contribution in [0.5, 0.6) is 5.75 Å². The van der Waals surface area contributed by atoms with Gasteiger partial charge >= 0.3 is 5.63 Å². The SMILES string of the molecule is O=c1cc(-c2ccc([N+](=O)[O-])cc2Cl)c2ccc(O)cc2o1. The van der Waals surface area contributed by atoms with Gasteiger partial charge in [0.25, 0.3) is 5.69 Å². The molecule has 0 amide bonds. The number of nitro benzene ring substituents is 1. The van der Waals surface area contributed by atoms with E-state index in [0.717, 1.165) is 0 Å². The Morgan fingerprint density at radius 3 is 2.55 bits per heavy atom. The van der Waals surface area contributed by atoms with Crippen LogP contribution in [0.25, 0.3) is 22.1 Å². The Labute approximate surface area is 128 Å². The van der Waals surface area contributed by atoms with Crippen LogP contribution in [0.3, 0.4) is 0 Å². The molecule has 3 rings (SSSR count). The summed E-state index contributed by atoms with van der Waals surface area (Å²) < 4.78 is 5.04. The number of non-ortho nitro benzene ring substituents is 1. The van der Waals surface area contributed by atoms with Crippen LogP contribution in [-0.2, 0) is 0 Å². The molecule has 0 saturated heterocycles. The van der Waals surface area contributed by atoms with Gasteiger partial charge in [-0.25, -0.2) is 4.79 Å². The molecule has 1 aromatic heterocycles. The van der Waals surface area contributed by atoms with Crippen molar-refractivity contribution in [2.24, 2.45) is 0 Å². The van der Waals surface area contributed by atoms with Gasteiger partial charge in [0.2, 0.25) is 0 Å². The highest BCUT2D eigenvalue weighted by Crippen LogP contribution is 2.35. The van der Waals surface area contributed by atoms with Gasteiger partial charge in [0, 0.05) is 40.8 Å². The molecule has 0 aliphatic heterocycles. The Morgan fingerprint density at radius 2 is 1.86 bits per heavy atom. The lowest BCUT2D eigenvalue weighted by molar-refractivity contribution is -0.384. The maximum absolute atomic E-state index is 11.7. The van der Waals surface area contributed by atoms with Crippen molar-refractivity contribution < 1.29 is 14.4 Å². The number of nitro groups is 1. The first-order valence-corrected chi connectivity index (χ1v) is 6.55. The average molecular weight is 318 g/mol. The van der Waals surface area contributed by atoms with E-state index in [1.165, 1.54) is 36.4 Å². The Bertz CT molecular complexity index is 964. The topological polar surface area (TPSA) is 93.6 Å². The third kappa shape index (κ3) is 2.40. The average Bonchev–Trinajstić information content (AvgIpc) is 2.45. The summed E-state index contributed by atoms with van der Waals surface area (Å²) in [7, 11) is 0. The van der Waals surface area contributed by atoms with E-state index in [0.29, 0.717) is 16.5 Å². The Hall–Kier alpha value is -2.86. The van der Waals surface area contributed by atoms with E-state index in [1.807, 2.05) is 0 Å². The van der Waals surface area contributed by atoms with Crippen molar-refractivity contribution in [2.45, 2.75) is 0 Å². The summed E-state index contributed by atoms with van der Waals surface area (Å²) in [4.78, 5) is 21.9. The Morgan fingerprint density at radius 1 is 1.09 bits per heavy atom. The highest BCUT2D eigenvalue weighted by molar-refractivity contribution is 6.34. The zero-order chi connectivity index (χ0) is 15.9. The Kier molecular flexibility index (Phi) is 3.30. The fraction of sp³-hybridized carbons (Fsp3) is 0. The molecule has 0 spiro atoms. The molecule has 0 aliphatic rings. The lowest BCUT2D eigenvalue weighted by Crippen LogP contribution is -1.98. The summed E-state index contributed by atoms with van der Waals surface area (Å²) in [5.41, 5.74) is 0.403. The summed E-state index contributed by atoms with van der Waals surface area (Å²) >= 11 is 6.11. The highest BCUT2D eigenvalue weighted by atomic mass is 35.5. The molecule has 3 aromatic rings. The van der Waals surface area contributed by atoms with Crippen molar-refractivity contribution in [2.75, 3.05) is 0 Å². The quantitative estimate of drug-likeness (QED) is 0.441. The number of hydrogen-bond acceptors (Lipinski definition) is 5. The number of halogens is 1. The van der Waals surface area contributed by atoms with E-state index >= 15 is 0 Å². The number of benzene rings is 2. The fourth-order valence-corrected chi connectivity index (χ4v) is 2.49. The van der Waals surface area contributed by atoms with Crippen LogP contribution in [0.2, 0.25) is 5.02 Å². The minimum Gasteiger partial charge on any atom is -0.508 e. The van der Waals surface area contributed by atoms with Crippen molar-refractivity contribution in [1.29, 1.82) is 0 Å². The maximum atomic E-state index is 11.7. The molecular formula is C15H8ClNO5. The lowest BCUT2D eigenvalue weighted by Gasteiger charge is -2.07. The molecule has 22 heavy (non-hydrogen) atoms. The van der Waals surface area contributed by atoms with E-state index in [-0.39, 0.29) is 22.0 Å². The van der Waals surface area contributed by atoms with Gasteiger partial charge in [-0.1, -0.05) is 11.6 Å². The number of phenols is 1. The summed E-state index contributed by atoms with van der Waals surface area (Å²) in [5, 5.41) is 20.9. The first-order chi connectivity index (χ1) is 10.5. The van der Waals surface area contributed by atoms with Crippen LogP contribution in [0.15, 0.2) is 51.7 Å². The molecule has 0 atom stereocenters. The normalized spacial score (nSPS) is 10.8. The number of fused-ring (bicyclic) bond motifs is 1. The van der Waals surface area contributed by atoms with E-state index in [4.69, 9.17) is 16.0 Å². The van der Waals surface area contributed by atoms with Crippen LogP contribution in [0.4, 0.5) is 5.69 Å². The van der Waals surface area contributed by atoms with Crippen molar-refractivity contribution in [3.05, 3.63) is 68.0 Å². The maximum Gasteiger partial charge on any atom is 0.336 e. The molecular weight excluding hydrogens is 310 g/mol. The lowest BCUT2D eigenvalue weighted by atomic mass is 10.0. The van der Waals surface area contributed by atoms with Crippen molar-refractivity contribution in [3.8, 4) is 16.9 Å². The van der Waals surface area contributed by atoms with Crippen LogP contribution in [0, 0.1) is 10.1 Å². The number of hydrogen-bond donors (Lipinski definition) is 1. The van der Waals surface area contributed by atoms with Gasteiger partial charge in [0.15, 0.2) is 0 Å². The number of rotatable bonds is 2. The zero-order valence-corrected chi connectivity index (χ0v) is 11.7. The molecule has 110 valence electrons. The predicted molar refractivity (Wildman–Crippen MR) is 81.2 cm³/mol. The zero-order valence-electron chi connectivity index (χ0n) is 10.9. The molecule has 0 bridgehead atoms. The van der Waals surface area contributed by atoms with Crippen LogP contribution < -0.4 is 5.63 Å². The third-order valence-corrected chi connectivity index (χ3v) is 3.49. The third-order valence-electron chi connectivity index (χ3n) is 3.18. The number of nitrogens with zero attached hydrogens (tertiary/aromatic N) is 1. The van der Waals surface area contributed by atoms with Gasteiger partial charge in [-0.15, -0.1) is 0 Å². The number of phenolic OH excluding ortho intramolecular Hbond substituents is 1. The molecule has 0 radical (unpaired) electrons. The van der Waals surface area contributed by atoms with Gasteiger partial charge in [-0.2, -0.15) is 0 Å². The summed E-state index contributed by atoms with van der Waals surface area (Å²) in [5.74, 6) is -0.0393. The first-order valence-electron chi connectivity index (χ1n) is 6.17. The van der Waals surface area contributed by atoms with Crippen LogP contribution in [-0.4, -0.2) is 10.0 Å². The number of aromatic hydroxyl groups is 1. The van der Waals surface area contributed by atoms with Gasteiger partial charge in [0.05, 0.1) is 9.95 Å². The fourth-order valence-electron chi connectivity index (χ4n) is 2.21. The van der Waals surface area contributed by atoms with Gasteiger partial charge in [-0.3, -0.25) is 10.1 Å². The van der Waals surface area contributed by atoms with E-state index in [1.54, 1.807) is 6.07 Å². The summed E-state index contributed by atoms with van der Waals surface area (Å²) in [6.45, 7) is 0. The van der Waals surface area contributed by atoms with Gasteiger partial charge in [-0.05, 0) is 18.2 Å². The Balaban J connectivity index is 2.30. The van der Waals surface area contributed by atoms with Gasteiger partial charge < -0.3 is 9.52 Å². The molecule has 6 nitrogen and oxygen atoms in total. The molecule has 0 aliphatic carbocycles. The van der Waals surface area contributed by atoms with Crippen LogP contribution in [0.1, 0.15) is 0 Å². The molecule has 1 N–H and O–H groups in total. The monoisotopic (exact) mass is 317 g/mol. The van der Waals surface area contributed by atoms with Crippen molar-refractivity contribution >= 4 is 28.3 Å².